The number of piperidine rings is 1. The minimum atomic E-state index is -3.66. The van der Waals surface area contributed by atoms with Gasteiger partial charge in [-0.3, -0.25) is 9.59 Å². The van der Waals surface area contributed by atoms with Gasteiger partial charge in [-0.2, -0.15) is 4.31 Å². The van der Waals surface area contributed by atoms with Crippen molar-refractivity contribution in [3.63, 3.8) is 0 Å². The molecule has 1 fully saturated rings. The standard InChI is InChI=1S/C24H28BrN3O4S/c1-15-12-20(4-6-22(15)25)26-24(30)18-8-10-27(11-9-18)33(31,32)21-5-7-23-19(14-21)13-16(2)28(23)17(3)29/h4-7,12,14,16,18H,8-11,13H2,1-3H3,(H,26,30). The molecule has 2 aromatic rings. The normalized spacial score (nSPS) is 19.4. The molecule has 2 aliphatic heterocycles. The minimum Gasteiger partial charge on any atom is -0.326 e. The monoisotopic (exact) mass is 533 g/mol. The molecule has 1 saturated heterocycles. The molecule has 9 heteroatoms. The summed E-state index contributed by atoms with van der Waals surface area (Å²) in [4.78, 5) is 26.6. The van der Waals surface area contributed by atoms with E-state index in [0.29, 0.717) is 32.4 Å². The fraction of sp³-hybridized carbons (Fsp3) is 0.417. The summed E-state index contributed by atoms with van der Waals surface area (Å²) >= 11 is 3.45. The first kappa shape index (κ1) is 23.9. The first-order chi connectivity index (χ1) is 15.6. The second-order valence-electron chi connectivity index (χ2n) is 8.86. The fourth-order valence-electron chi connectivity index (χ4n) is 4.72. The average Bonchev–Trinajstić information content (AvgIpc) is 3.11. The number of halogens is 1. The highest BCUT2D eigenvalue weighted by Crippen LogP contribution is 2.35. The summed E-state index contributed by atoms with van der Waals surface area (Å²) in [5.74, 6) is -0.356. The maximum atomic E-state index is 13.3. The van der Waals surface area contributed by atoms with E-state index >= 15 is 0 Å². The molecule has 0 aliphatic carbocycles. The molecule has 0 saturated carbocycles. The number of aryl methyl sites for hydroxylation is 1. The van der Waals surface area contributed by atoms with Crippen molar-refractivity contribution >= 4 is 49.1 Å². The van der Waals surface area contributed by atoms with Crippen molar-refractivity contribution in [3.05, 3.63) is 52.0 Å². The molecule has 33 heavy (non-hydrogen) atoms. The molecule has 2 heterocycles. The van der Waals surface area contributed by atoms with Crippen LogP contribution in [0.4, 0.5) is 11.4 Å². The van der Waals surface area contributed by atoms with Crippen LogP contribution in [0.15, 0.2) is 45.8 Å². The highest BCUT2D eigenvalue weighted by molar-refractivity contribution is 9.10. The van der Waals surface area contributed by atoms with Gasteiger partial charge in [-0.1, -0.05) is 15.9 Å². The molecule has 176 valence electrons. The third kappa shape index (κ3) is 4.72. The van der Waals surface area contributed by atoms with Gasteiger partial charge >= 0.3 is 0 Å². The van der Waals surface area contributed by atoms with Crippen LogP contribution in [0.2, 0.25) is 0 Å². The molecule has 1 N–H and O–H groups in total. The zero-order valence-corrected chi connectivity index (χ0v) is 21.4. The number of benzene rings is 2. The van der Waals surface area contributed by atoms with Gasteiger partial charge < -0.3 is 10.2 Å². The van der Waals surface area contributed by atoms with E-state index < -0.39 is 10.0 Å². The zero-order chi connectivity index (χ0) is 23.9. The second-order valence-corrected chi connectivity index (χ2v) is 11.7. The number of nitrogens with one attached hydrogen (secondary N) is 1. The van der Waals surface area contributed by atoms with Crippen molar-refractivity contribution in [1.82, 2.24) is 4.31 Å². The zero-order valence-electron chi connectivity index (χ0n) is 19.0. The fourth-order valence-corrected chi connectivity index (χ4v) is 6.49. The summed E-state index contributed by atoms with van der Waals surface area (Å²) in [5, 5.41) is 2.95. The van der Waals surface area contributed by atoms with Gasteiger partial charge in [0.1, 0.15) is 0 Å². The molecule has 0 spiro atoms. The first-order valence-electron chi connectivity index (χ1n) is 11.1. The number of amides is 2. The second kappa shape index (κ2) is 9.19. The Kier molecular flexibility index (Phi) is 6.66. The highest BCUT2D eigenvalue weighted by Gasteiger charge is 2.34. The lowest BCUT2D eigenvalue weighted by Gasteiger charge is -2.30. The van der Waals surface area contributed by atoms with Crippen LogP contribution in [0.5, 0.6) is 0 Å². The molecule has 0 aromatic heterocycles. The van der Waals surface area contributed by atoms with E-state index in [1.54, 1.807) is 23.1 Å². The van der Waals surface area contributed by atoms with Crippen molar-refractivity contribution in [2.75, 3.05) is 23.3 Å². The number of rotatable bonds is 4. The number of carbonyl (C=O) groups excluding carboxylic acids is 2. The van der Waals surface area contributed by atoms with Crippen LogP contribution in [-0.4, -0.2) is 43.7 Å². The lowest BCUT2D eigenvalue weighted by atomic mass is 9.97. The van der Waals surface area contributed by atoms with Crippen molar-refractivity contribution < 1.29 is 18.0 Å². The average molecular weight is 534 g/mol. The third-order valence-corrected chi connectivity index (χ3v) is 9.28. The summed E-state index contributed by atoms with van der Waals surface area (Å²) in [5.41, 5.74) is 3.43. The molecule has 2 aliphatic rings. The largest absolute Gasteiger partial charge is 0.326 e. The van der Waals surface area contributed by atoms with Crippen molar-refractivity contribution in [2.24, 2.45) is 5.92 Å². The third-order valence-electron chi connectivity index (χ3n) is 6.49. The van der Waals surface area contributed by atoms with Crippen LogP contribution in [0, 0.1) is 12.8 Å². The molecule has 0 bridgehead atoms. The topological polar surface area (TPSA) is 86.8 Å². The molecule has 7 nitrogen and oxygen atoms in total. The Labute approximate surface area is 203 Å². The summed E-state index contributed by atoms with van der Waals surface area (Å²) in [6.07, 6.45) is 1.58. The van der Waals surface area contributed by atoms with Crippen molar-refractivity contribution in [1.29, 1.82) is 0 Å². The van der Waals surface area contributed by atoms with E-state index in [1.165, 1.54) is 11.2 Å². The molecule has 1 unspecified atom stereocenters. The Morgan fingerprint density at radius 2 is 1.79 bits per heavy atom. The number of sulfonamides is 1. The Bertz CT molecular complexity index is 1210. The van der Waals surface area contributed by atoms with Crippen molar-refractivity contribution in [2.45, 2.75) is 51.0 Å². The van der Waals surface area contributed by atoms with E-state index in [0.717, 1.165) is 27.0 Å². The molecular formula is C24H28BrN3O4S. The summed E-state index contributed by atoms with van der Waals surface area (Å²) in [7, 11) is -3.66. The summed E-state index contributed by atoms with van der Waals surface area (Å²) in [6, 6.07) is 10.7. The van der Waals surface area contributed by atoms with Crippen LogP contribution in [0.25, 0.3) is 0 Å². The predicted molar refractivity (Wildman–Crippen MR) is 132 cm³/mol. The molecular weight excluding hydrogens is 506 g/mol. The van der Waals surface area contributed by atoms with Gasteiger partial charge in [-0.05, 0) is 80.6 Å². The maximum absolute atomic E-state index is 13.3. The van der Waals surface area contributed by atoms with Crippen LogP contribution in [0.3, 0.4) is 0 Å². The van der Waals surface area contributed by atoms with Gasteiger partial charge in [0.2, 0.25) is 21.8 Å². The van der Waals surface area contributed by atoms with Gasteiger partial charge in [0.25, 0.3) is 0 Å². The Hall–Kier alpha value is -2.23. The van der Waals surface area contributed by atoms with E-state index in [2.05, 4.69) is 21.2 Å². The van der Waals surface area contributed by atoms with E-state index in [1.807, 2.05) is 32.0 Å². The van der Waals surface area contributed by atoms with E-state index in [9.17, 15) is 18.0 Å². The van der Waals surface area contributed by atoms with Gasteiger partial charge in [0.05, 0.1) is 4.90 Å². The smallest absolute Gasteiger partial charge is 0.243 e. The number of fused-ring (bicyclic) bond motifs is 1. The molecule has 2 amide bonds. The molecule has 0 radical (unpaired) electrons. The quantitative estimate of drug-likeness (QED) is 0.640. The lowest BCUT2D eigenvalue weighted by Crippen LogP contribution is -2.41. The van der Waals surface area contributed by atoms with E-state index in [4.69, 9.17) is 0 Å². The van der Waals surface area contributed by atoms with Gasteiger partial charge in [0, 0.05) is 47.8 Å². The molecule has 4 rings (SSSR count). The van der Waals surface area contributed by atoms with E-state index in [-0.39, 0.29) is 28.7 Å². The lowest BCUT2D eigenvalue weighted by molar-refractivity contribution is -0.121. The summed E-state index contributed by atoms with van der Waals surface area (Å²) in [6.45, 7) is 6.04. The maximum Gasteiger partial charge on any atom is 0.243 e. The minimum absolute atomic E-state index is 0.0132. The molecule has 1 atom stereocenters. The van der Waals surface area contributed by atoms with Gasteiger partial charge in [-0.15, -0.1) is 0 Å². The Morgan fingerprint density at radius 3 is 2.42 bits per heavy atom. The van der Waals surface area contributed by atoms with Crippen LogP contribution >= 0.6 is 15.9 Å². The highest BCUT2D eigenvalue weighted by atomic mass is 79.9. The van der Waals surface area contributed by atoms with Gasteiger partial charge in [0.15, 0.2) is 0 Å². The SMILES string of the molecule is CC(=O)N1c2ccc(S(=O)(=O)N3CCC(C(=O)Nc4ccc(Br)c(C)c4)CC3)cc2CC1C. The molecule has 2 aromatic carbocycles. The first-order valence-corrected chi connectivity index (χ1v) is 13.3. The number of hydrogen-bond donors (Lipinski definition) is 1. The van der Waals surface area contributed by atoms with Crippen LogP contribution < -0.4 is 10.2 Å². The number of anilines is 2. The van der Waals surface area contributed by atoms with Gasteiger partial charge in [-0.25, -0.2) is 8.42 Å². The number of nitrogens with zero attached hydrogens (tertiary/aromatic N) is 2. The predicted octanol–water partition coefficient (Wildman–Crippen LogP) is 4.09. The Balaban J connectivity index is 1.42. The number of hydrogen-bond acceptors (Lipinski definition) is 4. The van der Waals surface area contributed by atoms with Crippen LogP contribution in [0.1, 0.15) is 37.8 Å². The van der Waals surface area contributed by atoms with Crippen LogP contribution in [-0.2, 0) is 26.0 Å². The van der Waals surface area contributed by atoms with Crippen molar-refractivity contribution in [3.8, 4) is 0 Å². The number of carbonyl (C=O) groups is 2. The Morgan fingerprint density at radius 1 is 1.09 bits per heavy atom. The summed E-state index contributed by atoms with van der Waals surface area (Å²) < 4.78 is 29.0.